The number of anilines is 1. The standard InChI is InChI=1S/C33H30N2O4S/c1-22-18-28(16-17-29(22)39-21-31(36)37)38-20-30-34-32(26-10-7-11-27(19-26)35(2)3)33(40-30)25-14-12-24(13-15-25)23-8-5-4-6-9-23/h4-19H,20-21H2,1-3H3,(H,36,37). The number of aromatic nitrogens is 1. The molecule has 0 aliphatic heterocycles. The van der Waals surface area contributed by atoms with Crippen LogP contribution in [0.5, 0.6) is 11.5 Å². The van der Waals surface area contributed by atoms with Gasteiger partial charge in [0.1, 0.15) is 23.1 Å². The summed E-state index contributed by atoms with van der Waals surface area (Å²) in [5, 5.41) is 9.73. The fourth-order valence-corrected chi connectivity index (χ4v) is 5.36. The molecule has 0 spiro atoms. The maximum atomic E-state index is 10.8. The molecule has 7 heteroatoms. The zero-order valence-corrected chi connectivity index (χ0v) is 23.4. The number of carboxylic acids is 1. The Morgan fingerprint density at radius 1 is 0.825 bits per heavy atom. The Hall–Kier alpha value is -4.62. The monoisotopic (exact) mass is 550 g/mol. The van der Waals surface area contributed by atoms with E-state index in [0.29, 0.717) is 18.1 Å². The van der Waals surface area contributed by atoms with Crippen LogP contribution in [-0.4, -0.2) is 36.8 Å². The number of nitrogens with zero attached hydrogens (tertiary/aromatic N) is 2. The zero-order chi connectivity index (χ0) is 28.1. The number of carbonyl (C=O) groups is 1. The second-order valence-electron chi connectivity index (χ2n) is 9.57. The summed E-state index contributed by atoms with van der Waals surface area (Å²) in [5.74, 6) is 0.175. The molecule has 0 fully saturated rings. The van der Waals surface area contributed by atoms with Crippen LogP contribution >= 0.6 is 11.3 Å². The predicted octanol–water partition coefficient (Wildman–Crippen LogP) is 7.56. The van der Waals surface area contributed by atoms with Crippen molar-refractivity contribution in [1.82, 2.24) is 4.98 Å². The fraction of sp³-hybridized carbons (Fsp3) is 0.152. The van der Waals surface area contributed by atoms with E-state index in [1.165, 1.54) is 11.1 Å². The van der Waals surface area contributed by atoms with E-state index in [1.807, 2.05) is 45.3 Å². The van der Waals surface area contributed by atoms with Gasteiger partial charge in [-0.1, -0.05) is 66.7 Å². The number of thiazole rings is 1. The van der Waals surface area contributed by atoms with Gasteiger partial charge in [0.05, 0.1) is 10.6 Å². The Labute approximate surface area is 238 Å². The van der Waals surface area contributed by atoms with E-state index in [1.54, 1.807) is 23.5 Å². The van der Waals surface area contributed by atoms with Crippen LogP contribution in [0, 0.1) is 6.92 Å². The molecule has 1 N–H and O–H groups in total. The number of hydrogen-bond donors (Lipinski definition) is 1. The number of rotatable bonds is 10. The Kier molecular flexibility index (Phi) is 8.12. The van der Waals surface area contributed by atoms with Crippen molar-refractivity contribution in [2.45, 2.75) is 13.5 Å². The van der Waals surface area contributed by atoms with Crippen LogP contribution < -0.4 is 14.4 Å². The molecule has 1 aromatic heterocycles. The molecular weight excluding hydrogens is 520 g/mol. The summed E-state index contributed by atoms with van der Waals surface area (Å²) in [6.07, 6.45) is 0. The average molecular weight is 551 g/mol. The largest absolute Gasteiger partial charge is 0.486 e. The summed E-state index contributed by atoms with van der Waals surface area (Å²) in [5.41, 5.74) is 7.33. The second-order valence-corrected chi connectivity index (χ2v) is 10.7. The van der Waals surface area contributed by atoms with Crippen LogP contribution in [0.1, 0.15) is 10.6 Å². The molecule has 0 aliphatic rings. The first-order valence-electron chi connectivity index (χ1n) is 12.9. The Morgan fingerprint density at radius 2 is 1.52 bits per heavy atom. The number of aryl methyl sites for hydroxylation is 1. The maximum absolute atomic E-state index is 10.8. The Bertz CT molecular complexity index is 1610. The van der Waals surface area contributed by atoms with Gasteiger partial charge in [0, 0.05) is 25.3 Å². The third-order valence-corrected chi connectivity index (χ3v) is 7.50. The topological polar surface area (TPSA) is 71.9 Å². The summed E-state index contributed by atoms with van der Waals surface area (Å²) < 4.78 is 11.4. The molecule has 5 rings (SSSR count). The highest BCUT2D eigenvalue weighted by Gasteiger charge is 2.17. The molecule has 4 aromatic carbocycles. The van der Waals surface area contributed by atoms with Crippen LogP contribution in [0.3, 0.4) is 0 Å². The molecular formula is C33H30N2O4S. The third kappa shape index (κ3) is 6.33. The van der Waals surface area contributed by atoms with Gasteiger partial charge in [-0.25, -0.2) is 9.78 Å². The summed E-state index contributed by atoms with van der Waals surface area (Å²) in [4.78, 5) is 19.0. The van der Waals surface area contributed by atoms with Crippen LogP contribution in [0.4, 0.5) is 5.69 Å². The van der Waals surface area contributed by atoms with Gasteiger partial charge < -0.3 is 19.5 Å². The molecule has 0 saturated heterocycles. The SMILES string of the molecule is Cc1cc(OCc2nc(-c3cccc(N(C)C)c3)c(-c3ccc(-c4ccccc4)cc3)s2)ccc1OCC(=O)O. The van der Waals surface area contributed by atoms with Crippen molar-refractivity contribution in [3.05, 3.63) is 108 Å². The molecule has 6 nitrogen and oxygen atoms in total. The van der Waals surface area contributed by atoms with E-state index in [-0.39, 0.29) is 6.61 Å². The minimum absolute atomic E-state index is 0.307. The molecule has 0 radical (unpaired) electrons. The molecule has 202 valence electrons. The number of carboxylic acid groups (broad SMARTS) is 1. The van der Waals surface area contributed by atoms with Crippen molar-refractivity contribution in [3.63, 3.8) is 0 Å². The van der Waals surface area contributed by atoms with Crippen molar-refractivity contribution in [2.24, 2.45) is 0 Å². The molecule has 0 unspecified atom stereocenters. The van der Waals surface area contributed by atoms with Gasteiger partial charge in [0.2, 0.25) is 0 Å². The van der Waals surface area contributed by atoms with Crippen molar-refractivity contribution in [2.75, 3.05) is 25.6 Å². The second kappa shape index (κ2) is 12.1. The van der Waals surface area contributed by atoms with E-state index in [2.05, 4.69) is 65.6 Å². The molecule has 5 aromatic rings. The predicted molar refractivity (Wildman–Crippen MR) is 161 cm³/mol. The van der Waals surface area contributed by atoms with E-state index >= 15 is 0 Å². The summed E-state index contributed by atoms with van der Waals surface area (Å²) in [6.45, 7) is 1.79. The van der Waals surface area contributed by atoms with Crippen LogP contribution in [-0.2, 0) is 11.4 Å². The van der Waals surface area contributed by atoms with Crippen LogP contribution in [0.15, 0.2) is 97.1 Å². The molecule has 0 saturated carbocycles. The summed E-state index contributed by atoms with van der Waals surface area (Å²) in [7, 11) is 4.06. The lowest BCUT2D eigenvalue weighted by atomic mass is 10.0. The molecule has 0 aliphatic carbocycles. The number of aliphatic carboxylic acids is 1. The number of benzene rings is 4. The van der Waals surface area contributed by atoms with Crippen LogP contribution in [0.2, 0.25) is 0 Å². The van der Waals surface area contributed by atoms with E-state index in [9.17, 15) is 4.79 Å². The van der Waals surface area contributed by atoms with Crippen molar-refractivity contribution in [1.29, 1.82) is 0 Å². The lowest BCUT2D eigenvalue weighted by Crippen LogP contribution is -2.10. The normalized spacial score (nSPS) is 10.8. The van der Waals surface area contributed by atoms with E-state index < -0.39 is 5.97 Å². The summed E-state index contributed by atoms with van der Waals surface area (Å²) >= 11 is 1.62. The molecule has 0 amide bonds. The minimum Gasteiger partial charge on any atom is -0.486 e. The number of hydrogen-bond acceptors (Lipinski definition) is 6. The summed E-state index contributed by atoms with van der Waals surface area (Å²) in [6, 6.07) is 32.7. The highest BCUT2D eigenvalue weighted by Crippen LogP contribution is 2.39. The first-order chi connectivity index (χ1) is 19.4. The van der Waals surface area contributed by atoms with E-state index in [4.69, 9.17) is 19.6 Å². The van der Waals surface area contributed by atoms with Crippen molar-refractivity contribution >= 4 is 23.0 Å². The molecule has 0 bridgehead atoms. The Balaban J connectivity index is 1.43. The van der Waals surface area contributed by atoms with Gasteiger partial charge in [-0.2, -0.15) is 0 Å². The van der Waals surface area contributed by atoms with E-state index in [0.717, 1.165) is 38.0 Å². The van der Waals surface area contributed by atoms with Crippen LogP contribution in [0.25, 0.3) is 32.8 Å². The van der Waals surface area contributed by atoms with Gasteiger partial charge in [0.25, 0.3) is 0 Å². The van der Waals surface area contributed by atoms with Crippen molar-refractivity contribution < 1.29 is 19.4 Å². The van der Waals surface area contributed by atoms with Gasteiger partial charge in [-0.05, 0) is 59.5 Å². The van der Waals surface area contributed by atoms with Gasteiger partial charge >= 0.3 is 5.97 Å². The molecule has 1 heterocycles. The average Bonchev–Trinajstić information content (AvgIpc) is 3.40. The maximum Gasteiger partial charge on any atom is 0.341 e. The van der Waals surface area contributed by atoms with Gasteiger partial charge in [0.15, 0.2) is 6.61 Å². The highest BCUT2D eigenvalue weighted by molar-refractivity contribution is 7.15. The van der Waals surface area contributed by atoms with Gasteiger partial charge in [-0.15, -0.1) is 11.3 Å². The lowest BCUT2D eigenvalue weighted by Gasteiger charge is -2.13. The number of ether oxygens (including phenoxy) is 2. The third-order valence-electron chi connectivity index (χ3n) is 6.42. The minimum atomic E-state index is -1.01. The zero-order valence-electron chi connectivity index (χ0n) is 22.6. The first kappa shape index (κ1) is 27.0. The highest BCUT2D eigenvalue weighted by atomic mass is 32.1. The first-order valence-corrected chi connectivity index (χ1v) is 13.7. The quantitative estimate of drug-likeness (QED) is 0.193. The Morgan fingerprint density at radius 3 is 2.23 bits per heavy atom. The smallest absolute Gasteiger partial charge is 0.341 e. The molecule has 40 heavy (non-hydrogen) atoms. The van der Waals surface area contributed by atoms with Crippen molar-refractivity contribution in [3.8, 4) is 44.3 Å². The lowest BCUT2D eigenvalue weighted by molar-refractivity contribution is -0.139. The fourth-order valence-electron chi connectivity index (χ4n) is 4.35. The molecule has 0 atom stereocenters. The van der Waals surface area contributed by atoms with Gasteiger partial charge in [-0.3, -0.25) is 0 Å².